The normalized spacial score (nSPS) is 62.5. The standard InChI is InChI=1S/C5H9N/c1-3-4-2-5(4)6-3/h3-6H,2H2,1H3. The third-order valence-electron chi connectivity index (χ3n) is 1.96. The molecule has 1 aliphatic heterocycles. The fourth-order valence-electron chi connectivity index (χ4n) is 1.30. The van der Waals surface area contributed by atoms with Crippen LogP contribution in [0, 0.1) is 5.92 Å². The SMILES string of the molecule is CC1NC2CC12. The topological polar surface area (TPSA) is 12.0 Å². The van der Waals surface area contributed by atoms with Crippen LogP contribution in [0.4, 0.5) is 0 Å². The van der Waals surface area contributed by atoms with E-state index in [1.165, 1.54) is 6.42 Å². The van der Waals surface area contributed by atoms with Crippen molar-refractivity contribution in [2.45, 2.75) is 25.4 Å². The van der Waals surface area contributed by atoms with E-state index in [4.69, 9.17) is 0 Å². The molecule has 1 saturated carbocycles. The van der Waals surface area contributed by atoms with Gasteiger partial charge in [0.25, 0.3) is 0 Å². The summed E-state index contributed by atoms with van der Waals surface area (Å²) < 4.78 is 0. The van der Waals surface area contributed by atoms with Crippen LogP contribution in [0.2, 0.25) is 0 Å². The predicted octanol–water partition coefficient (Wildman–Crippen LogP) is 0.367. The quantitative estimate of drug-likeness (QED) is 0.446. The Hall–Kier alpha value is -0.0400. The second kappa shape index (κ2) is 0.648. The van der Waals surface area contributed by atoms with Crippen LogP contribution >= 0.6 is 0 Å². The maximum Gasteiger partial charge on any atom is 0.0117 e. The first-order valence-corrected chi connectivity index (χ1v) is 2.64. The van der Waals surface area contributed by atoms with Crippen molar-refractivity contribution in [3.8, 4) is 0 Å². The average Bonchev–Trinajstić information content (AvgIpc) is 2.12. The lowest BCUT2D eigenvalue weighted by Gasteiger charge is -2.21. The van der Waals surface area contributed by atoms with Crippen LogP contribution in [0.1, 0.15) is 13.3 Å². The van der Waals surface area contributed by atoms with Crippen LogP contribution in [0.3, 0.4) is 0 Å². The molecule has 1 nitrogen and oxygen atoms in total. The number of hydrogen-bond donors (Lipinski definition) is 1. The van der Waals surface area contributed by atoms with E-state index in [-0.39, 0.29) is 0 Å². The summed E-state index contributed by atoms with van der Waals surface area (Å²) in [6, 6.07) is 1.81. The molecule has 0 radical (unpaired) electrons. The minimum absolute atomic E-state index is 0.856. The lowest BCUT2D eigenvalue weighted by molar-refractivity contribution is 0.380. The summed E-state index contributed by atoms with van der Waals surface area (Å²) >= 11 is 0. The van der Waals surface area contributed by atoms with Crippen LogP contribution in [-0.2, 0) is 0 Å². The monoisotopic (exact) mass is 83.1 g/mol. The van der Waals surface area contributed by atoms with Gasteiger partial charge in [-0.15, -0.1) is 0 Å². The van der Waals surface area contributed by atoms with Crippen molar-refractivity contribution in [3.63, 3.8) is 0 Å². The van der Waals surface area contributed by atoms with Crippen molar-refractivity contribution in [3.05, 3.63) is 0 Å². The zero-order valence-electron chi connectivity index (χ0n) is 3.94. The summed E-state index contributed by atoms with van der Waals surface area (Å²) in [7, 11) is 0. The molecule has 1 N–H and O–H groups in total. The molecule has 0 spiro atoms. The van der Waals surface area contributed by atoms with Crippen LogP contribution in [0.15, 0.2) is 0 Å². The van der Waals surface area contributed by atoms with E-state index in [9.17, 15) is 0 Å². The lowest BCUT2D eigenvalue weighted by Crippen LogP contribution is -2.42. The largest absolute Gasteiger partial charge is 0.311 e. The average molecular weight is 83.1 g/mol. The summed E-state index contributed by atoms with van der Waals surface area (Å²) in [6.45, 7) is 2.26. The van der Waals surface area contributed by atoms with Crippen LogP contribution in [0.25, 0.3) is 0 Å². The molecular formula is C5H9N. The third-order valence-corrected chi connectivity index (χ3v) is 1.96. The van der Waals surface area contributed by atoms with Gasteiger partial charge >= 0.3 is 0 Å². The van der Waals surface area contributed by atoms with Gasteiger partial charge in [0.2, 0.25) is 0 Å². The van der Waals surface area contributed by atoms with Crippen LogP contribution in [-0.4, -0.2) is 12.1 Å². The molecule has 3 unspecified atom stereocenters. The Balaban J connectivity index is 2.08. The fourth-order valence-corrected chi connectivity index (χ4v) is 1.30. The van der Waals surface area contributed by atoms with Gasteiger partial charge in [0.1, 0.15) is 0 Å². The van der Waals surface area contributed by atoms with Gasteiger partial charge in [0, 0.05) is 12.1 Å². The molecule has 1 heterocycles. The Morgan fingerprint density at radius 2 is 2.50 bits per heavy atom. The smallest absolute Gasteiger partial charge is 0.0117 e. The first-order chi connectivity index (χ1) is 2.88. The molecule has 1 heteroatoms. The van der Waals surface area contributed by atoms with E-state index in [1.54, 1.807) is 0 Å². The molecule has 34 valence electrons. The molecule has 2 rings (SSSR count). The molecule has 6 heavy (non-hydrogen) atoms. The highest BCUT2D eigenvalue weighted by Crippen LogP contribution is 2.42. The molecule has 0 amide bonds. The Morgan fingerprint density at radius 1 is 1.67 bits per heavy atom. The van der Waals surface area contributed by atoms with E-state index in [1.807, 2.05) is 0 Å². The zero-order valence-corrected chi connectivity index (χ0v) is 3.94. The van der Waals surface area contributed by atoms with E-state index < -0.39 is 0 Å². The van der Waals surface area contributed by atoms with Gasteiger partial charge in [-0.3, -0.25) is 0 Å². The predicted molar refractivity (Wildman–Crippen MR) is 24.5 cm³/mol. The number of nitrogens with one attached hydrogen (secondary N) is 1. The van der Waals surface area contributed by atoms with E-state index >= 15 is 0 Å². The van der Waals surface area contributed by atoms with Gasteiger partial charge in [-0.2, -0.15) is 0 Å². The maximum absolute atomic E-state index is 3.38. The van der Waals surface area contributed by atoms with Crippen molar-refractivity contribution >= 4 is 0 Å². The van der Waals surface area contributed by atoms with Gasteiger partial charge in [-0.1, -0.05) is 0 Å². The highest BCUT2D eigenvalue weighted by Gasteiger charge is 2.50. The van der Waals surface area contributed by atoms with Crippen molar-refractivity contribution in [1.82, 2.24) is 5.32 Å². The maximum atomic E-state index is 3.38. The van der Waals surface area contributed by atoms with Gasteiger partial charge in [0.05, 0.1) is 0 Å². The summed E-state index contributed by atoms with van der Waals surface area (Å²) in [5.41, 5.74) is 0. The summed E-state index contributed by atoms with van der Waals surface area (Å²) in [5, 5.41) is 3.38. The Kier molecular flexibility index (Phi) is 0.327. The third kappa shape index (κ3) is 0.178. The van der Waals surface area contributed by atoms with Crippen molar-refractivity contribution < 1.29 is 0 Å². The van der Waals surface area contributed by atoms with Gasteiger partial charge in [-0.25, -0.2) is 0 Å². The molecule has 3 atom stereocenters. The Bertz CT molecular complexity index is 80.0. The summed E-state index contributed by atoms with van der Waals surface area (Å²) in [6.07, 6.45) is 1.46. The minimum atomic E-state index is 0.856. The molecule has 1 saturated heterocycles. The Labute approximate surface area is 37.7 Å². The summed E-state index contributed by atoms with van der Waals surface area (Å²) in [4.78, 5) is 0. The first-order valence-electron chi connectivity index (χ1n) is 2.64. The molecule has 0 aromatic carbocycles. The fraction of sp³-hybridized carbons (Fsp3) is 1.00. The second-order valence-corrected chi connectivity index (χ2v) is 2.46. The molecule has 2 aliphatic rings. The molecular weight excluding hydrogens is 74.1 g/mol. The molecule has 2 fully saturated rings. The first kappa shape index (κ1) is 3.03. The van der Waals surface area contributed by atoms with Crippen molar-refractivity contribution in [2.24, 2.45) is 5.92 Å². The number of rotatable bonds is 0. The van der Waals surface area contributed by atoms with Crippen molar-refractivity contribution in [2.75, 3.05) is 0 Å². The minimum Gasteiger partial charge on any atom is -0.311 e. The summed E-state index contributed by atoms with van der Waals surface area (Å²) in [5.74, 6) is 1.09. The van der Waals surface area contributed by atoms with E-state index in [0.29, 0.717) is 0 Å². The number of hydrogen-bond acceptors (Lipinski definition) is 1. The van der Waals surface area contributed by atoms with Crippen LogP contribution < -0.4 is 5.32 Å². The lowest BCUT2D eigenvalue weighted by atomic mass is 10.1. The number of fused-ring (bicyclic) bond motifs is 1. The second-order valence-electron chi connectivity index (χ2n) is 2.46. The van der Waals surface area contributed by atoms with Crippen LogP contribution in [0.5, 0.6) is 0 Å². The van der Waals surface area contributed by atoms with E-state index in [0.717, 1.165) is 18.0 Å². The highest BCUT2D eigenvalue weighted by molar-refractivity contribution is 5.09. The van der Waals surface area contributed by atoms with Gasteiger partial charge < -0.3 is 5.32 Å². The van der Waals surface area contributed by atoms with Crippen molar-refractivity contribution in [1.29, 1.82) is 0 Å². The molecule has 0 aromatic heterocycles. The van der Waals surface area contributed by atoms with Gasteiger partial charge in [0.15, 0.2) is 0 Å². The molecule has 0 aromatic rings. The van der Waals surface area contributed by atoms with E-state index in [2.05, 4.69) is 12.2 Å². The zero-order chi connectivity index (χ0) is 4.15. The van der Waals surface area contributed by atoms with Gasteiger partial charge in [-0.05, 0) is 19.3 Å². The molecule has 0 bridgehead atoms. The highest BCUT2D eigenvalue weighted by atomic mass is 15.1. The Morgan fingerprint density at radius 3 is 2.50 bits per heavy atom. The molecule has 1 aliphatic carbocycles.